The summed E-state index contributed by atoms with van der Waals surface area (Å²) in [4.78, 5) is 21.5. The number of carbonyl (C=O) groups is 1. The molecular weight excluding hydrogens is 429 g/mol. The monoisotopic (exact) mass is 452 g/mol. The van der Waals surface area contributed by atoms with Crippen molar-refractivity contribution in [3.63, 3.8) is 0 Å². The number of aromatic nitrogens is 2. The molecule has 1 aromatic carbocycles. The van der Waals surface area contributed by atoms with E-state index in [9.17, 15) is 18.0 Å². The maximum absolute atomic E-state index is 14.3. The van der Waals surface area contributed by atoms with Gasteiger partial charge in [-0.15, -0.1) is 11.8 Å². The fourth-order valence-electron chi connectivity index (χ4n) is 2.85. The van der Waals surface area contributed by atoms with Crippen LogP contribution >= 0.6 is 11.8 Å². The van der Waals surface area contributed by atoms with Gasteiger partial charge in [-0.05, 0) is 43.6 Å². The third-order valence-electron chi connectivity index (χ3n) is 4.58. The number of hydrogen-bond acceptors (Lipinski definition) is 6. The number of carbonyl (C=O) groups excluding carboxylic acids is 1. The van der Waals surface area contributed by atoms with E-state index in [1.54, 1.807) is 0 Å². The number of nitrogens with zero attached hydrogens (tertiary/aromatic N) is 2. The molecule has 1 aliphatic rings. The molecule has 1 aromatic heterocycles. The van der Waals surface area contributed by atoms with Crippen LogP contribution in [0.4, 0.5) is 19.0 Å². The van der Waals surface area contributed by atoms with Crippen molar-refractivity contribution < 1.29 is 22.7 Å². The lowest BCUT2D eigenvalue weighted by atomic mass is 10.1. The summed E-state index contributed by atoms with van der Waals surface area (Å²) in [6.45, 7) is -1.46. The number of anilines is 1. The fourth-order valence-corrected chi connectivity index (χ4v) is 3.25. The smallest absolute Gasteiger partial charge is 0.387 e. The van der Waals surface area contributed by atoms with Crippen LogP contribution in [0.2, 0.25) is 0 Å². The minimum atomic E-state index is -3.08. The van der Waals surface area contributed by atoms with Crippen molar-refractivity contribution in [2.45, 2.75) is 44.9 Å². The third-order valence-corrected chi connectivity index (χ3v) is 5.01. The molecule has 10 heteroatoms. The van der Waals surface area contributed by atoms with Gasteiger partial charge in [0.25, 0.3) is 5.91 Å². The first-order valence-electron chi connectivity index (χ1n) is 9.72. The zero-order valence-electron chi connectivity index (χ0n) is 17.1. The summed E-state index contributed by atoms with van der Waals surface area (Å²) in [7, 11) is 0. The SMILES string of the molecule is CS/C=C/C(C)NC(=O)c1cnc(C2CC2)nc1NCc1c(F)cccc1OC(F)F. The van der Waals surface area contributed by atoms with Gasteiger partial charge in [0.05, 0.1) is 0 Å². The van der Waals surface area contributed by atoms with Crippen LogP contribution < -0.4 is 15.4 Å². The van der Waals surface area contributed by atoms with Gasteiger partial charge in [-0.1, -0.05) is 12.1 Å². The van der Waals surface area contributed by atoms with Crippen LogP contribution in [-0.2, 0) is 6.54 Å². The Labute approximate surface area is 182 Å². The normalized spacial score (nSPS) is 14.6. The molecule has 0 aliphatic heterocycles. The van der Waals surface area contributed by atoms with Gasteiger partial charge >= 0.3 is 6.61 Å². The first-order chi connectivity index (χ1) is 14.9. The molecule has 3 rings (SSSR count). The molecule has 0 spiro atoms. The summed E-state index contributed by atoms with van der Waals surface area (Å²) in [5.74, 6) is -0.355. The molecule has 31 heavy (non-hydrogen) atoms. The van der Waals surface area contributed by atoms with Crippen LogP contribution in [0, 0.1) is 5.82 Å². The number of amides is 1. The van der Waals surface area contributed by atoms with E-state index in [-0.39, 0.29) is 41.2 Å². The van der Waals surface area contributed by atoms with Crippen molar-refractivity contribution in [2.75, 3.05) is 11.6 Å². The molecule has 1 unspecified atom stereocenters. The minimum Gasteiger partial charge on any atom is -0.434 e. The molecule has 2 aromatic rings. The largest absolute Gasteiger partial charge is 0.434 e. The van der Waals surface area contributed by atoms with Crippen LogP contribution in [0.5, 0.6) is 5.75 Å². The summed E-state index contributed by atoms with van der Waals surface area (Å²) in [5, 5.41) is 7.59. The summed E-state index contributed by atoms with van der Waals surface area (Å²) < 4.78 is 44.1. The highest BCUT2D eigenvalue weighted by Crippen LogP contribution is 2.38. The summed E-state index contributed by atoms with van der Waals surface area (Å²) in [5.41, 5.74) is 0.0958. The molecule has 0 saturated heterocycles. The fraction of sp³-hybridized carbons (Fsp3) is 0.381. The van der Waals surface area contributed by atoms with Crippen molar-refractivity contribution in [3.05, 3.63) is 58.6 Å². The Morgan fingerprint density at radius 2 is 2.16 bits per heavy atom. The van der Waals surface area contributed by atoms with Gasteiger partial charge in [0.2, 0.25) is 0 Å². The van der Waals surface area contributed by atoms with E-state index in [0.29, 0.717) is 5.82 Å². The van der Waals surface area contributed by atoms with Crippen LogP contribution in [-0.4, -0.2) is 34.8 Å². The lowest BCUT2D eigenvalue weighted by molar-refractivity contribution is -0.0505. The first kappa shape index (κ1) is 22.9. The van der Waals surface area contributed by atoms with Crippen LogP contribution in [0.15, 0.2) is 35.9 Å². The average molecular weight is 453 g/mol. The van der Waals surface area contributed by atoms with Gasteiger partial charge in [0, 0.05) is 30.3 Å². The van der Waals surface area contributed by atoms with E-state index in [2.05, 4.69) is 25.3 Å². The van der Waals surface area contributed by atoms with Crippen LogP contribution in [0.3, 0.4) is 0 Å². The standard InChI is InChI=1S/C21H23F3N4O2S/c1-12(8-9-31-2)27-20(29)15-11-25-18(13-6-7-13)28-19(15)26-10-14-16(22)4-3-5-17(14)30-21(23)24/h3-5,8-9,11-13,21H,6-7,10H2,1-2H3,(H,27,29)(H,25,26,28)/b9-8+. The lowest BCUT2D eigenvalue weighted by Crippen LogP contribution is -2.32. The van der Waals surface area contributed by atoms with E-state index < -0.39 is 18.3 Å². The van der Waals surface area contributed by atoms with Crippen molar-refractivity contribution in [1.82, 2.24) is 15.3 Å². The van der Waals surface area contributed by atoms with Gasteiger partial charge < -0.3 is 15.4 Å². The molecule has 1 fully saturated rings. The lowest BCUT2D eigenvalue weighted by Gasteiger charge is -2.16. The number of hydrogen-bond donors (Lipinski definition) is 2. The molecular formula is C21H23F3N4O2S. The molecule has 1 heterocycles. The zero-order valence-corrected chi connectivity index (χ0v) is 17.9. The Balaban J connectivity index is 1.84. The molecule has 1 atom stereocenters. The predicted octanol–water partition coefficient (Wildman–Crippen LogP) is 4.70. The maximum atomic E-state index is 14.3. The van der Waals surface area contributed by atoms with Crippen molar-refractivity contribution in [2.24, 2.45) is 0 Å². The number of benzene rings is 1. The molecule has 1 aliphatic carbocycles. The third kappa shape index (κ3) is 6.36. The average Bonchev–Trinajstić information content (AvgIpc) is 3.56. The topological polar surface area (TPSA) is 76.1 Å². The number of thioether (sulfide) groups is 1. The van der Waals surface area contributed by atoms with Gasteiger partial charge in [-0.3, -0.25) is 4.79 Å². The van der Waals surface area contributed by atoms with E-state index in [1.807, 2.05) is 24.7 Å². The maximum Gasteiger partial charge on any atom is 0.387 e. The Morgan fingerprint density at radius 1 is 1.39 bits per heavy atom. The highest BCUT2D eigenvalue weighted by molar-refractivity contribution is 8.01. The number of alkyl halides is 2. The van der Waals surface area contributed by atoms with Gasteiger partial charge in [0.1, 0.15) is 28.8 Å². The van der Waals surface area contributed by atoms with E-state index in [0.717, 1.165) is 18.9 Å². The molecule has 0 radical (unpaired) electrons. The van der Waals surface area contributed by atoms with E-state index in [4.69, 9.17) is 0 Å². The highest BCUT2D eigenvalue weighted by Gasteiger charge is 2.28. The Kier molecular flexibility index (Phi) is 7.78. The van der Waals surface area contributed by atoms with Gasteiger partial charge in [0.15, 0.2) is 0 Å². The molecule has 1 amide bonds. The predicted molar refractivity (Wildman–Crippen MR) is 114 cm³/mol. The summed E-state index contributed by atoms with van der Waals surface area (Å²) in [6.07, 6.45) is 7.10. The number of ether oxygens (including phenoxy) is 1. The molecule has 2 N–H and O–H groups in total. The van der Waals surface area contributed by atoms with Crippen molar-refractivity contribution in [3.8, 4) is 5.75 Å². The van der Waals surface area contributed by atoms with Crippen LogP contribution in [0.25, 0.3) is 0 Å². The minimum absolute atomic E-state index is 0.0861. The summed E-state index contributed by atoms with van der Waals surface area (Å²) >= 11 is 1.51. The molecule has 6 nitrogen and oxygen atoms in total. The Morgan fingerprint density at radius 3 is 2.84 bits per heavy atom. The second-order valence-electron chi connectivity index (χ2n) is 7.04. The Hall–Kier alpha value is -2.75. The number of halogens is 3. The van der Waals surface area contributed by atoms with Crippen molar-refractivity contribution >= 4 is 23.5 Å². The van der Waals surface area contributed by atoms with Gasteiger partial charge in [-0.25, -0.2) is 14.4 Å². The zero-order chi connectivity index (χ0) is 22.4. The molecule has 166 valence electrons. The number of nitrogens with one attached hydrogen (secondary N) is 2. The Bertz CT molecular complexity index is 954. The molecule has 0 bridgehead atoms. The second kappa shape index (κ2) is 10.5. The van der Waals surface area contributed by atoms with Crippen LogP contribution in [0.1, 0.15) is 47.4 Å². The number of rotatable bonds is 10. The quantitative estimate of drug-likeness (QED) is 0.544. The first-order valence-corrected chi connectivity index (χ1v) is 11.0. The highest BCUT2D eigenvalue weighted by atomic mass is 32.2. The second-order valence-corrected chi connectivity index (χ2v) is 7.78. The summed E-state index contributed by atoms with van der Waals surface area (Å²) in [6, 6.07) is 3.47. The van der Waals surface area contributed by atoms with E-state index >= 15 is 0 Å². The van der Waals surface area contributed by atoms with Crippen molar-refractivity contribution in [1.29, 1.82) is 0 Å². The van der Waals surface area contributed by atoms with E-state index in [1.165, 1.54) is 30.1 Å². The van der Waals surface area contributed by atoms with Gasteiger partial charge in [-0.2, -0.15) is 8.78 Å². The molecule has 1 saturated carbocycles.